The molecule has 1 unspecified atom stereocenters. The van der Waals surface area contributed by atoms with Crippen LogP contribution in [0.1, 0.15) is 33.6 Å². The summed E-state index contributed by atoms with van der Waals surface area (Å²) in [7, 11) is -4.08. The number of fused-ring (bicyclic) bond motifs is 1. The predicted octanol–water partition coefficient (Wildman–Crippen LogP) is -0.503. The van der Waals surface area contributed by atoms with E-state index in [0.29, 0.717) is 23.0 Å². The van der Waals surface area contributed by atoms with Crippen LogP contribution in [0.15, 0.2) is 6.33 Å². The summed E-state index contributed by atoms with van der Waals surface area (Å²) in [6.45, 7) is 3.07. The van der Waals surface area contributed by atoms with Crippen molar-refractivity contribution >= 4 is 42.5 Å². The van der Waals surface area contributed by atoms with Crippen molar-refractivity contribution in [3.05, 3.63) is 6.33 Å². The lowest BCUT2D eigenvalue weighted by molar-refractivity contribution is -0.142. The summed E-state index contributed by atoms with van der Waals surface area (Å²) in [5.41, 5.74) is 6.73. The van der Waals surface area contributed by atoms with Crippen molar-refractivity contribution in [2.24, 2.45) is 0 Å². The molecule has 1 aliphatic carbocycles. The SMILES string of the molecule is CCOC(=O)CNP(=O)(NCC(=O)OCC)OC[C@@H](OCn1cnc2c(NC3CC3)nc(N)nc21)[C@H](O)C(C)O. The normalized spacial score (nSPS) is 15.9. The van der Waals surface area contributed by atoms with Gasteiger partial charge in [-0.15, -0.1) is 0 Å². The fourth-order valence-corrected chi connectivity index (χ4v) is 4.72. The molecule has 1 saturated carbocycles. The smallest absolute Gasteiger partial charge is 0.341 e. The topological polar surface area (TPSA) is 234 Å². The number of hydrogen-bond donors (Lipinski definition) is 6. The maximum atomic E-state index is 13.4. The zero-order valence-electron chi connectivity index (χ0n) is 22.6. The Morgan fingerprint density at radius 3 is 2.33 bits per heavy atom. The van der Waals surface area contributed by atoms with E-state index in [4.69, 9.17) is 24.5 Å². The van der Waals surface area contributed by atoms with Gasteiger partial charge in [-0.1, -0.05) is 0 Å². The molecular formula is C22H37N8O9P. The Hall–Kier alpha value is -2.92. The molecule has 0 amide bonds. The fraction of sp³-hybridized carbons (Fsp3) is 0.682. The molecule has 7 N–H and O–H groups in total. The molecule has 0 bridgehead atoms. The van der Waals surface area contributed by atoms with E-state index in [2.05, 4.69) is 30.4 Å². The van der Waals surface area contributed by atoms with Crippen LogP contribution >= 0.6 is 7.67 Å². The Kier molecular flexibility index (Phi) is 11.6. The number of nitrogens with zero attached hydrogens (tertiary/aromatic N) is 4. The zero-order chi connectivity index (χ0) is 29.3. The summed E-state index contributed by atoms with van der Waals surface area (Å²) in [6.07, 6.45) is -0.452. The number of nitrogen functional groups attached to an aromatic ring is 1. The summed E-state index contributed by atoms with van der Waals surface area (Å²) in [5.74, 6) is -0.883. The van der Waals surface area contributed by atoms with Gasteiger partial charge < -0.3 is 40.0 Å². The quantitative estimate of drug-likeness (QED) is 0.0950. The number of imidazole rings is 1. The number of ether oxygens (including phenoxy) is 3. The number of nitrogens with one attached hydrogen (secondary N) is 3. The van der Waals surface area contributed by atoms with Crippen LogP contribution in [0.25, 0.3) is 11.2 Å². The molecule has 0 radical (unpaired) electrons. The van der Waals surface area contributed by atoms with E-state index < -0.39 is 57.6 Å². The molecule has 17 nitrogen and oxygen atoms in total. The number of esters is 2. The summed E-state index contributed by atoms with van der Waals surface area (Å²) in [5, 5.41) is 28.7. The molecule has 0 saturated heterocycles. The van der Waals surface area contributed by atoms with Crippen LogP contribution in [-0.4, -0.2) is 98.9 Å². The molecule has 2 aromatic heterocycles. The van der Waals surface area contributed by atoms with Crippen molar-refractivity contribution in [2.75, 3.05) is 44.0 Å². The lowest BCUT2D eigenvalue weighted by Crippen LogP contribution is -2.42. The molecule has 40 heavy (non-hydrogen) atoms. The van der Waals surface area contributed by atoms with E-state index in [1.165, 1.54) is 17.8 Å². The average molecular weight is 589 g/mol. The second-order valence-electron chi connectivity index (χ2n) is 8.93. The molecule has 18 heteroatoms. The summed E-state index contributed by atoms with van der Waals surface area (Å²) >= 11 is 0. The van der Waals surface area contributed by atoms with Crippen molar-refractivity contribution in [3.8, 4) is 0 Å². The van der Waals surface area contributed by atoms with Crippen molar-refractivity contribution in [1.82, 2.24) is 29.7 Å². The number of aliphatic hydroxyl groups is 2. The van der Waals surface area contributed by atoms with Gasteiger partial charge in [0.15, 0.2) is 17.0 Å². The number of nitrogens with two attached hydrogens (primary N) is 1. The lowest BCUT2D eigenvalue weighted by Gasteiger charge is -2.27. The highest BCUT2D eigenvalue weighted by molar-refractivity contribution is 7.54. The molecule has 3 rings (SSSR count). The molecule has 3 atom stereocenters. The minimum Gasteiger partial charge on any atom is -0.465 e. The van der Waals surface area contributed by atoms with E-state index in [1.807, 2.05) is 0 Å². The fourth-order valence-electron chi connectivity index (χ4n) is 3.40. The first-order valence-electron chi connectivity index (χ1n) is 12.8. The molecule has 1 aliphatic rings. The number of carbonyl (C=O) groups is 2. The number of aliphatic hydroxyl groups excluding tert-OH is 2. The Morgan fingerprint density at radius 1 is 1.15 bits per heavy atom. The first-order valence-corrected chi connectivity index (χ1v) is 14.5. The van der Waals surface area contributed by atoms with E-state index >= 15 is 0 Å². The minimum absolute atomic E-state index is 0.0302. The highest BCUT2D eigenvalue weighted by Gasteiger charge is 2.31. The summed E-state index contributed by atoms with van der Waals surface area (Å²) < 4.78 is 35.9. The van der Waals surface area contributed by atoms with Crippen molar-refractivity contribution < 1.29 is 43.1 Å². The summed E-state index contributed by atoms with van der Waals surface area (Å²) in [4.78, 5) is 36.4. The van der Waals surface area contributed by atoms with Gasteiger partial charge in [-0.25, -0.2) is 15.2 Å². The highest BCUT2D eigenvalue weighted by Crippen LogP contribution is 2.37. The third kappa shape index (κ3) is 9.33. The van der Waals surface area contributed by atoms with Gasteiger partial charge in [0.2, 0.25) is 5.95 Å². The van der Waals surface area contributed by atoms with Crippen LogP contribution in [-0.2, 0) is 39.6 Å². The first kappa shape index (κ1) is 31.6. The summed E-state index contributed by atoms with van der Waals surface area (Å²) in [6, 6.07) is 0.298. The van der Waals surface area contributed by atoms with Gasteiger partial charge in [-0.3, -0.25) is 18.7 Å². The van der Waals surface area contributed by atoms with E-state index in [1.54, 1.807) is 13.8 Å². The number of rotatable bonds is 18. The van der Waals surface area contributed by atoms with Crippen LogP contribution in [0.2, 0.25) is 0 Å². The molecule has 2 heterocycles. The van der Waals surface area contributed by atoms with E-state index in [9.17, 15) is 24.4 Å². The molecule has 0 spiro atoms. The molecule has 1 fully saturated rings. The average Bonchev–Trinajstić information content (AvgIpc) is 3.63. The monoisotopic (exact) mass is 588 g/mol. The third-order valence-electron chi connectivity index (χ3n) is 5.60. The van der Waals surface area contributed by atoms with Crippen molar-refractivity contribution in [3.63, 3.8) is 0 Å². The third-order valence-corrected chi connectivity index (χ3v) is 7.26. The maximum Gasteiger partial charge on any atom is 0.341 e. The Balaban J connectivity index is 1.72. The zero-order valence-corrected chi connectivity index (χ0v) is 23.5. The highest BCUT2D eigenvalue weighted by atomic mass is 31.2. The standard InChI is InChI=1S/C22H37N8O9P/c1-4-36-16(32)8-25-40(35,26-9-17(33)37-5-2)39-10-15(19(34)13(3)31)38-12-30-11-24-18-20(27-14-6-7-14)28-22(23)29-21(18)30/h11,13-15,19,31,34H,4-10,12H2,1-3H3,(H2,25,26,35)(H3,23,27,28,29)/t13?,15-,19-/m1/s1. The molecular weight excluding hydrogens is 551 g/mol. The largest absolute Gasteiger partial charge is 0.465 e. The molecule has 0 aliphatic heterocycles. The Labute approximate surface area is 230 Å². The van der Waals surface area contributed by atoms with Gasteiger partial charge in [0.25, 0.3) is 0 Å². The van der Waals surface area contributed by atoms with Gasteiger partial charge in [0, 0.05) is 6.04 Å². The van der Waals surface area contributed by atoms with E-state index in [-0.39, 0.29) is 25.9 Å². The second-order valence-corrected chi connectivity index (χ2v) is 10.9. The number of carbonyl (C=O) groups excluding carboxylic acids is 2. The number of aromatic nitrogens is 4. The van der Waals surface area contributed by atoms with Crippen LogP contribution in [0, 0.1) is 0 Å². The molecule has 2 aromatic rings. The minimum atomic E-state index is -4.08. The van der Waals surface area contributed by atoms with Crippen LogP contribution in [0.3, 0.4) is 0 Å². The van der Waals surface area contributed by atoms with Gasteiger partial charge >= 0.3 is 19.6 Å². The van der Waals surface area contributed by atoms with Crippen molar-refractivity contribution in [2.45, 2.75) is 64.7 Å². The Morgan fingerprint density at radius 2 is 1.77 bits per heavy atom. The lowest BCUT2D eigenvalue weighted by atomic mass is 10.1. The number of anilines is 2. The van der Waals surface area contributed by atoms with Crippen molar-refractivity contribution in [1.29, 1.82) is 0 Å². The van der Waals surface area contributed by atoms with Crippen LogP contribution in [0.5, 0.6) is 0 Å². The predicted molar refractivity (Wildman–Crippen MR) is 142 cm³/mol. The van der Waals surface area contributed by atoms with Gasteiger partial charge in [-0.2, -0.15) is 9.97 Å². The van der Waals surface area contributed by atoms with Crippen LogP contribution in [0.4, 0.5) is 11.8 Å². The maximum absolute atomic E-state index is 13.4. The molecule has 224 valence electrons. The molecule has 0 aromatic carbocycles. The first-order chi connectivity index (χ1) is 19.0. The van der Waals surface area contributed by atoms with Gasteiger partial charge in [0.1, 0.15) is 32.0 Å². The number of hydrogen-bond acceptors (Lipinski definition) is 14. The Bertz CT molecular complexity index is 1170. The van der Waals surface area contributed by atoms with E-state index in [0.717, 1.165) is 12.8 Å². The van der Waals surface area contributed by atoms with Crippen LogP contribution < -0.4 is 21.2 Å². The van der Waals surface area contributed by atoms with Gasteiger partial charge in [0.05, 0.1) is 32.3 Å². The second kappa shape index (κ2) is 14.6. The van der Waals surface area contributed by atoms with Gasteiger partial charge in [-0.05, 0) is 33.6 Å².